The molecule has 1 heterocycles. The van der Waals surface area contributed by atoms with Crippen LogP contribution in [0.3, 0.4) is 0 Å². The van der Waals surface area contributed by atoms with Crippen LogP contribution in [0.25, 0.3) is 0 Å². The molecule has 3 rings (SSSR count). The Morgan fingerprint density at radius 1 is 0.800 bits per heavy atom. The van der Waals surface area contributed by atoms with Gasteiger partial charge in [-0.05, 0) is 62.6 Å². The standard InChI is InChI=1S/C26H30NO3/c1-3-23(30-25-13-8-5-9-14-25)18-22(20-28-26-15-10-16-27-19-26)17-21(2)29-24-11-6-4-7-12-24/h4-16,19,21,23H,3,17-18,20H2,1-2H3. The molecule has 0 N–H and O–H groups in total. The van der Waals surface area contributed by atoms with Gasteiger partial charge in [-0.25, -0.2) is 0 Å². The Kier molecular flexibility index (Phi) is 8.58. The summed E-state index contributed by atoms with van der Waals surface area (Å²) in [5.74, 6) is 3.80. The van der Waals surface area contributed by atoms with Gasteiger partial charge >= 0.3 is 0 Å². The molecule has 157 valence electrons. The number of rotatable bonds is 12. The van der Waals surface area contributed by atoms with Crippen LogP contribution < -0.4 is 14.2 Å². The molecule has 0 saturated heterocycles. The lowest BCUT2D eigenvalue weighted by Crippen LogP contribution is -2.26. The van der Waals surface area contributed by atoms with Gasteiger partial charge in [0.25, 0.3) is 0 Å². The maximum absolute atomic E-state index is 6.22. The lowest BCUT2D eigenvalue weighted by atomic mass is 9.95. The van der Waals surface area contributed by atoms with Crippen molar-refractivity contribution in [3.8, 4) is 17.2 Å². The molecular weight excluding hydrogens is 374 g/mol. The SMILES string of the molecule is CCC(C[C](COc1cccnc1)CC(C)Oc1ccccc1)Oc1ccccc1. The largest absolute Gasteiger partial charge is 0.491 e. The summed E-state index contributed by atoms with van der Waals surface area (Å²) < 4.78 is 18.3. The summed E-state index contributed by atoms with van der Waals surface area (Å²) in [6.45, 7) is 4.76. The summed E-state index contributed by atoms with van der Waals surface area (Å²) in [4.78, 5) is 4.13. The van der Waals surface area contributed by atoms with E-state index in [4.69, 9.17) is 14.2 Å². The maximum Gasteiger partial charge on any atom is 0.137 e. The number of hydrogen-bond donors (Lipinski definition) is 0. The smallest absolute Gasteiger partial charge is 0.137 e. The first-order valence-corrected chi connectivity index (χ1v) is 10.5. The Hall–Kier alpha value is -3.01. The van der Waals surface area contributed by atoms with Gasteiger partial charge in [0.2, 0.25) is 0 Å². The molecule has 30 heavy (non-hydrogen) atoms. The first kappa shape index (κ1) is 21.7. The molecule has 0 spiro atoms. The van der Waals surface area contributed by atoms with Crippen molar-refractivity contribution in [1.82, 2.24) is 4.98 Å². The Morgan fingerprint density at radius 2 is 1.43 bits per heavy atom. The van der Waals surface area contributed by atoms with Crippen LogP contribution in [0, 0.1) is 5.92 Å². The number of ether oxygens (including phenoxy) is 3. The van der Waals surface area contributed by atoms with Gasteiger partial charge in [0.05, 0.1) is 25.0 Å². The molecule has 2 aromatic carbocycles. The van der Waals surface area contributed by atoms with Crippen molar-refractivity contribution in [1.29, 1.82) is 0 Å². The van der Waals surface area contributed by atoms with Crippen molar-refractivity contribution < 1.29 is 14.2 Å². The van der Waals surface area contributed by atoms with E-state index in [2.05, 4.69) is 18.8 Å². The molecule has 0 aliphatic carbocycles. The third-order valence-corrected chi connectivity index (χ3v) is 4.75. The third-order valence-electron chi connectivity index (χ3n) is 4.75. The van der Waals surface area contributed by atoms with Crippen LogP contribution in [-0.4, -0.2) is 23.8 Å². The molecule has 1 aromatic heterocycles. The first-order chi connectivity index (χ1) is 14.7. The van der Waals surface area contributed by atoms with E-state index in [0.717, 1.165) is 36.5 Å². The molecule has 3 aromatic rings. The highest BCUT2D eigenvalue weighted by Crippen LogP contribution is 2.25. The van der Waals surface area contributed by atoms with Crippen molar-refractivity contribution in [3.63, 3.8) is 0 Å². The molecule has 0 aliphatic heterocycles. The van der Waals surface area contributed by atoms with E-state index in [1.807, 2.05) is 72.8 Å². The van der Waals surface area contributed by atoms with Crippen LogP contribution in [-0.2, 0) is 0 Å². The highest BCUT2D eigenvalue weighted by Gasteiger charge is 2.22. The van der Waals surface area contributed by atoms with E-state index in [9.17, 15) is 0 Å². The van der Waals surface area contributed by atoms with Crippen molar-refractivity contribution in [2.75, 3.05) is 6.61 Å². The van der Waals surface area contributed by atoms with Crippen LogP contribution in [0.2, 0.25) is 0 Å². The molecule has 0 amide bonds. The second kappa shape index (κ2) is 11.9. The van der Waals surface area contributed by atoms with E-state index in [1.165, 1.54) is 5.92 Å². The highest BCUT2D eigenvalue weighted by molar-refractivity contribution is 5.22. The van der Waals surface area contributed by atoms with Gasteiger partial charge in [-0.3, -0.25) is 4.98 Å². The Morgan fingerprint density at radius 3 is 2.03 bits per heavy atom. The number of nitrogens with zero attached hydrogens (tertiary/aromatic N) is 1. The third kappa shape index (κ3) is 7.43. The minimum Gasteiger partial charge on any atom is -0.491 e. The van der Waals surface area contributed by atoms with Gasteiger partial charge in [0, 0.05) is 12.1 Å². The van der Waals surface area contributed by atoms with Gasteiger partial charge < -0.3 is 14.2 Å². The van der Waals surface area contributed by atoms with Crippen molar-refractivity contribution >= 4 is 0 Å². The molecule has 0 fully saturated rings. The second-order valence-corrected chi connectivity index (χ2v) is 7.34. The number of pyridine rings is 1. The zero-order chi connectivity index (χ0) is 21.0. The van der Waals surface area contributed by atoms with E-state index in [-0.39, 0.29) is 12.2 Å². The van der Waals surface area contributed by atoms with E-state index >= 15 is 0 Å². The van der Waals surface area contributed by atoms with Crippen LogP contribution in [0.1, 0.15) is 33.1 Å². The monoisotopic (exact) mass is 404 g/mol. The predicted octanol–water partition coefficient (Wildman–Crippen LogP) is 6.14. The quantitative estimate of drug-likeness (QED) is 0.363. The van der Waals surface area contributed by atoms with Crippen LogP contribution in [0.5, 0.6) is 17.2 Å². The van der Waals surface area contributed by atoms with Crippen LogP contribution in [0.4, 0.5) is 0 Å². The lowest BCUT2D eigenvalue weighted by Gasteiger charge is -2.26. The Labute approximate surface area is 179 Å². The summed E-state index contributed by atoms with van der Waals surface area (Å²) in [6.07, 6.45) is 6.13. The van der Waals surface area contributed by atoms with Gasteiger partial charge in [-0.2, -0.15) is 0 Å². The van der Waals surface area contributed by atoms with Crippen LogP contribution in [0.15, 0.2) is 85.2 Å². The highest BCUT2D eigenvalue weighted by atomic mass is 16.5. The molecule has 1 radical (unpaired) electrons. The van der Waals surface area contributed by atoms with Crippen molar-refractivity contribution in [2.24, 2.45) is 0 Å². The first-order valence-electron chi connectivity index (χ1n) is 10.5. The van der Waals surface area contributed by atoms with Crippen molar-refractivity contribution in [3.05, 3.63) is 91.1 Å². The molecular formula is C26H30NO3. The normalized spacial score (nSPS) is 12.9. The molecule has 4 heteroatoms. The van der Waals surface area contributed by atoms with Gasteiger partial charge in [-0.1, -0.05) is 43.3 Å². The lowest BCUT2D eigenvalue weighted by molar-refractivity contribution is 0.161. The van der Waals surface area contributed by atoms with Gasteiger partial charge in [-0.15, -0.1) is 0 Å². The fraction of sp³-hybridized carbons (Fsp3) is 0.308. The van der Waals surface area contributed by atoms with Gasteiger partial charge in [0.15, 0.2) is 0 Å². The van der Waals surface area contributed by atoms with E-state index in [0.29, 0.717) is 6.61 Å². The molecule has 2 unspecified atom stereocenters. The Bertz CT molecular complexity index is 827. The molecule has 0 aliphatic rings. The number of hydrogen-bond acceptors (Lipinski definition) is 4. The topological polar surface area (TPSA) is 40.6 Å². The summed E-state index contributed by atoms with van der Waals surface area (Å²) in [7, 11) is 0. The maximum atomic E-state index is 6.22. The Balaban J connectivity index is 1.62. The fourth-order valence-corrected chi connectivity index (χ4v) is 3.28. The zero-order valence-corrected chi connectivity index (χ0v) is 17.7. The fourth-order valence-electron chi connectivity index (χ4n) is 3.28. The summed E-state index contributed by atoms with van der Waals surface area (Å²) in [6, 6.07) is 23.7. The zero-order valence-electron chi connectivity index (χ0n) is 17.7. The predicted molar refractivity (Wildman–Crippen MR) is 120 cm³/mol. The molecule has 4 nitrogen and oxygen atoms in total. The van der Waals surface area contributed by atoms with E-state index in [1.54, 1.807) is 12.4 Å². The van der Waals surface area contributed by atoms with Gasteiger partial charge in [0.1, 0.15) is 17.2 Å². The van der Waals surface area contributed by atoms with E-state index < -0.39 is 0 Å². The van der Waals surface area contributed by atoms with Crippen LogP contribution >= 0.6 is 0 Å². The minimum absolute atomic E-state index is 0.0362. The average molecular weight is 405 g/mol. The second-order valence-electron chi connectivity index (χ2n) is 7.34. The molecule has 0 bridgehead atoms. The molecule has 0 saturated carbocycles. The number of benzene rings is 2. The molecule has 2 atom stereocenters. The number of para-hydroxylation sites is 2. The van der Waals surface area contributed by atoms with Crippen molar-refractivity contribution in [2.45, 2.75) is 45.3 Å². The minimum atomic E-state index is 0.0362. The average Bonchev–Trinajstić information content (AvgIpc) is 2.79. The summed E-state index contributed by atoms with van der Waals surface area (Å²) >= 11 is 0. The number of aromatic nitrogens is 1. The summed E-state index contributed by atoms with van der Waals surface area (Å²) in [5.41, 5.74) is 0. The summed E-state index contributed by atoms with van der Waals surface area (Å²) in [5, 5.41) is 0.